The Hall–Kier alpha value is -1.36. The predicted molar refractivity (Wildman–Crippen MR) is 83.8 cm³/mol. The maximum Gasteiger partial charge on any atom is 0.118 e. The molecule has 4 heteroatoms. The van der Waals surface area contributed by atoms with E-state index >= 15 is 0 Å². The van der Waals surface area contributed by atoms with E-state index in [1.807, 2.05) is 48.5 Å². The molecule has 0 aliphatic carbocycles. The molecule has 20 heavy (non-hydrogen) atoms. The van der Waals surface area contributed by atoms with E-state index in [2.05, 4.69) is 21.2 Å². The second kappa shape index (κ2) is 7.43. The molecule has 0 aliphatic heterocycles. The second-order valence-electron chi connectivity index (χ2n) is 4.55. The van der Waals surface area contributed by atoms with Gasteiger partial charge in [-0.05, 0) is 35.4 Å². The van der Waals surface area contributed by atoms with Gasteiger partial charge in [0, 0.05) is 17.6 Å². The number of aliphatic hydroxyl groups is 1. The lowest BCUT2D eigenvalue weighted by atomic mass is 10.1. The standard InChI is InChI=1S/C16H18BrNO2/c1-20-15-8-2-12(3-9-15)10-18-11-16(19)13-4-6-14(17)7-5-13/h2-9,16,18-19H,10-11H2,1H3/t16-/m0/s1. The van der Waals surface area contributed by atoms with Gasteiger partial charge in [0.25, 0.3) is 0 Å². The number of rotatable bonds is 6. The van der Waals surface area contributed by atoms with E-state index in [0.29, 0.717) is 6.54 Å². The van der Waals surface area contributed by atoms with Gasteiger partial charge in [-0.3, -0.25) is 0 Å². The number of halogens is 1. The summed E-state index contributed by atoms with van der Waals surface area (Å²) in [5.74, 6) is 0.851. The van der Waals surface area contributed by atoms with E-state index in [0.717, 1.165) is 27.9 Å². The summed E-state index contributed by atoms with van der Waals surface area (Å²) in [5, 5.41) is 13.3. The average Bonchev–Trinajstić information content (AvgIpc) is 2.48. The smallest absolute Gasteiger partial charge is 0.118 e. The first-order chi connectivity index (χ1) is 9.69. The quantitative estimate of drug-likeness (QED) is 0.851. The van der Waals surface area contributed by atoms with Gasteiger partial charge in [0.05, 0.1) is 13.2 Å². The predicted octanol–water partition coefficient (Wildman–Crippen LogP) is 3.28. The van der Waals surface area contributed by atoms with Crippen molar-refractivity contribution >= 4 is 15.9 Å². The Morgan fingerprint density at radius 1 is 1.10 bits per heavy atom. The Labute approximate surface area is 127 Å². The minimum Gasteiger partial charge on any atom is -0.497 e. The van der Waals surface area contributed by atoms with Crippen LogP contribution in [0.5, 0.6) is 5.75 Å². The number of benzene rings is 2. The molecule has 0 amide bonds. The molecule has 0 unspecified atom stereocenters. The molecule has 106 valence electrons. The molecule has 2 rings (SSSR count). The van der Waals surface area contributed by atoms with Gasteiger partial charge in [0.1, 0.15) is 5.75 Å². The summed E-state index contributed by atoms with van der Waals surface area (Å²) in [6.07, 6.45) is -0.499. The molecule has 0 saturated carbocycles. The third-order valence-electron chi connectivity index (χ3n) is 3.08. The molecular weight excluding hydrogens is 318 g/mol. The summed E-state index contributed by atoms with van der Waals surface area (Å²) in [6.45, 7) is 1.24. The van der Waals surface area contributed by atoms with Crippen LogP contribution >= 0.6 is 15.9 Å². The van der Waals surface area contributed by atoms with Crippen molar-refractivity contribution in [3.63, 3.8) is 0 Å². The van der Waals surface area contributed by atoms with Crippen molar-refractivity contribution in [3.8, 4) is 5.75 Å². The molecule has 0 aromatic heterocycles. The van der Waals surface area contributed by atoms with Crippen LogP contribution in [0.2, 0.25) is 0 Å². The molecule has 1 atom stereocenters. The molecule has 0 saturated heterocycles. The van der Waals surface area contributed by atoms with Crippen LogP contribution in [0, 0.1) is 0 Å². The van der Waals surface area contributed by atoms with Crippen molar-refractivity contribution in [2.75, 3.05) is 13.7 Å². The van der Waals surface area contributed by atoms with Crippen molar-refractivity contribution in [1.29, 1.82) is 0 Å². The summed E-state index contributed by atoms with van der Waals surface area (Å²) < 4.78 is 6.13. The maximum atomic E-state index is 10.1. The summed E-state index contributed by atoms with van der Waals surface area (Å²) >= 11 is 3.38. The maximum absolute atomic E-state index is 10.1. The fourth-order valence-corrected chi connectivity index (χ4v) is 2.16. The molecule has 2 aromatic carbocycles. The molecule has 0 bridgehead atoms. The molecule has 0 aliphatic rings. The van der Waals surface area contributed by atoms with Gasteiger partial charge in [-0.15, -0.1) is 0 Å². The minimum atomic E-state index is -0.499. The van der Waals surface area contributed by atoms with Crippen LogP contribution < -0.4 is 10.1 Å². The molecule has 0 spiro atoms. The van der Waals surface area contributed by atoms with E-state index in [4.69, 9.17) is 4.74 Å². The molecule has 2 N–H and O–H groups in total. The minimum absolute atomic E-state index is 0.499. The monoisotopic (exact) mass is 335 g/mol. The topological polar surface area (TPSA) is 41.5 Å². The van der Waals surface area contributed by atoms with Crippen LogP contribution in [-0.2, 0) is 6.54 Å². The third-order valence-corrected chi connectivity index (χ3v) is 3.61. The van der Waals surface area contributed by atoms with Crippen LogP contribution in [0.25, 0.3) is 0 Å². The van der Waals surface area contributed by atoms with Gasteiger partial charge in [0.2, 0.25) is 0 Å². The molecule has 0 heterocycles. The van der Waals surface area contributed by atoms with Gasteiger partial charge in [-0.1, -0.05) is 40.2 Å². The van der Waals surface area contributed by atoms with Gasteiger partial charge < -0.3 is 15.2 Å². The SMILES string of the molecule is COc1ccc(CNC[C@H](O)c2ccc(Br)cc2)cc1. The van der Waals surface area contributed by atoms with E-state index < -0.39 is 6.10 Å². The molecule has 3 nitrogen and oxygen atoms in total. The Morgan fingerprint density at radius 3 is 2.35 bits per heavy atom. The van der Waals surface area contributed by atoms with Crippen molar-refractivity contribution in [2.45, 2.75) is 12.6 Å². The highest BCUT2D eigenvalue weighted by Gasteiger charge is 2.06. The lowest BCUT2D eigenvalue weighted by Crippen LogP contribution is -2.21. The zero-order chi connectivity index (χ0) is 14.4. The Kier molecular flexibility index (Phi) is 5.59. The second-order valence-corrected chi connectivity index (χ2v) is 5.46. The summed E-state index contributed by atoms with van der Waals surface area (Å²) in [5.41, 5.74) is 2.07. The zero-order valence-corrected chi connectivity index (χ0v) is 12.9. The lowest BCUT2D eigenvalue weighted by Gasteiger charge is -2.12. The Bertz CT molecular complexity index is 525. The highest BCUT2D eigenvalue weighted by molar-refractivity contribution is 9.10. The van der Waals surface area contributed by atoms with E-state index in [9.17, 15) is 5.11 Å². The Balaban J connectivity index is 1.81. The molecule has 0 fully saturated rings. The first-order valence-electron chi connectivity index (χ1n) is 6.46. The van der Waals surface area contributed by atoms with E-state index in [1.54, 1.807) is 7.11 Å². The van der Waals surface area contributed by atoms with Gasteiger partial charge in [-0.2, -0.15) is 0 Å². The Morgan fingerprint density at radius 2 is 1.75 bits per heavy atom. The van der Waals surface area contributed by atoms with Crippen LogP contribution in [0.4, 0.5) is 0 Å². The fourth-order valence-electron chi connectivity index (χ4n) is 1.90. The van der Waals surface area contributed by atoms with Crippen LogP contribution in [0.3, 0.4) is 0 Å². The summed E-state index contributed by atoms with van der Waals surface area (Å²) in [4.78, 5) is 0. The highest BCUT2D eigenvalue weighted by atomic mass is 79.9. The molecular formula is C16H18BrNO2. The molecule has 2 aromatic rings. The number of methoxy groups -OCH3 is 1. The van der Waals surface area contributed by atoms with Crippen molar-refractivity contribution in [3.05, 3.63) is 64.1 Å². The third kappa shape index (κ3) is 4.34. The highest BCUT2D eigenvalue weighted by Crippen LogP contribution is 2.16. The van der Waals surface area contributed by atoms with Gasteiger partial charge in [0.15, 0.2) is 0 Å². The average molecular weight is 336 g/mol. The first kappa shape index (κ1) is 15.0. The largest absolute Gasteiger partial charge is 0.497 e. The summed E-state index contributed by atoms with van der Waals surface area (Å²) in [7, 11) is 1.65. The van der Waals surface area contributed by atoms with Crippen molar-refractivity contribution in [1.82, 2.24) is 5.32 Å². The van der Waals surface area contributed by atoms with Crippen molar-refractivity contribution in [2.24, 2.45) is 0 Å². The van der Waals surface area contributed by atoms with E-state index in [1.165, 1.54) is 0 Å². The lowest BCUT2D eigenvalue weighted by molar-refractivity contribution is 0.174. The van der Waals surface area contributed by atoms with Crippen LogP contribution in [-0.4, -0.2) is 18.8 Å². The van der Waals surface area contributed by atoms with Crippen molar-refractivity contribution < 1.29 is 9.84 Å². The van der Waals surface area contributed by atoms with Crippen LogP contribution in [0.15, 0.2) is 53.0 Å². The van der Waals surface area contributed by atoms with Gasteiger partial charge in [-0.25, -0.2) is 0 Å². The van der Waals surface area contributed by atoms with Crippen LogP contribution in [0.1, 0.15) is 17.2 Å². The summed E-state index contributed by atoms with van der Waals surface area (Å²) in [6, 6.07) is 15.6. The van der Waals surface area contributed by atoms with Gasteiger partial charge >= 0.3 is 0 Å². The number of aliphatic hydroxyl groups excluding tert-OH is 1. The number of nitrogens with one attached hydrogen (secondary N) is 1. The number of hydrogen-bond donors (Lipinski definition) is 2. The fraction of sp³-hybridized carbons (Fsp3) is 0.250. The molecule has 0 radical (unpaired) electrons. The number of hydrogen-bond acceptors (Lipinski definition) is 3. The number of ether oxygens (including phenoxy) is 1. The first-order valence-corrected chi connectivity index (χ1v) is 7.25. The normalized spacial score (nSPS) is 12.2. The zero-order valence-electron chi connectivity index (χ0n) is 11.3. The van der Waals surface area contributed by atoms with E-state index in [-0.39, 0.29) is 0 Å².